The van der Waals surface area contributed by atoms with Gasteiger partial charge >= 0.3 is 5.97 Å². The highest BCUT2D eigenvalue weighted by Gasteiger charge is 2.10. The molecule has 0 unspecified atom stereocenters. The molecule has 0 aliphatic heterocycles. The number of carboxylic acid groups (broad SMARTS) is 1. The van der Waals surface area contributed by atoms with Gasteiger partial charge < -0.3 is 15.4 Å². The van der Waals surface area contributed by atoms with Crippen molar-refractivity contribution in [2.45, 2.75) is 6.92 Å². The van der Waals surface area contributed by atoms with E-state index in [4.69, 9.17) is 5.11 Å². The number of imidazole rings is 1. The smallest absolute Gasteiger partial charge is 0.352 e. The first-order valence-corrected chi connectivity index (χ1v) is 5.89. The van der Waals surface area contributed by atoms with Crippen LogP contribution in [0.15, 0.2) is 42.2 Å². The number of carbonyl (C=O) groups excluding carboxylic acids is 1. The van der Waals surface area contributed by atoms with Crippen molar-refractivity contribution >= 4 is 18.0 Å². The van der Waals surface area contributed by atoms with E-state index < -0.39 is 11.9 Å². The van der Waals surface area contributed by atoms with Crippen molar-refractivity contribution in [2.75, 3.05) is 0 Å². The number of benzene rings is 1. The molecule has 0 aliphatic carbocycles. The van der Waals surface area contributed by atoms with Gasteiger partial charge in [0, 0.05) is 12.5 Å². The van der Waals surface area contributed by atoms with Gasteiger partial charge in [-0.2, -0.15) is 0 Å². The summed E-state index contributed by atoms with van der Waals surface area (Å²) < 4.78 is 0. The van der Waals surface area contributed by atoms with Crippen molar-refractivity contribution in [3.05, 3.63) is 47.9 Å². The van der Waals surface area contributed by atoms with E-state index in [-0.39, 0.29) is 5.70 Å². The number of aromatic amines is 1. The standard InChI is InChI=1S/C14H13N3O3/c1-9(18)16-12(14(19)20)7-11-8-15-13(17-11)10-5-3-2-4-6-10/h2-8H,1H3,(H,15,17)(H,16,18)(H,19,20)/b12-7-. The first kappa shape index (κ1) is 13.5. The quantitative estimate of drug-likeness (QED) is 0.737. The number of rotatable bonds is 4. The molecule has 1 aromatic heterocycles. The lowest BCUT2D eigenvalue weighted by molar-refractivity contribution is -0.134. The SMILES string of the molecule is CC(=O)N/C(=C\c1cnc(-c2ccccc2)[nH]1)C(=O)O. The van der Waals surface area contributed by atoms with Crippen LogP contribution in [0, 0.1) is 0 Å². The van der Waals surface area contributed by atoms with E-state index in [0.29, 0.717) is 11.5 Å². The van der Waals surface area contributed by atoms with Crippen LogP contribution >= 0.6 is 0 Å². The molecule has 3 N–H and O–H groups in total. The van der Waals surface area contributed by atoms with E-state index in [2.05, 4.69) is 15.3 Å². The molecule has 0 radical (unpaired) electrons. The average Bonchev–Trinajstić information content (AvgIpc) is 2.87. The molecule has 102 valence electrons. The maximum absolute atomic E-state index is 11.0. The van der Waals surface area contributed by atoms with E-state index >= 15 is 0 Å². The van der Waals surface area contributed by atoms with Gasteiger partial charge in [0.15, 0.2) is 0 Å². The van der Waals surface area contributed by atoms with E-state index in [1.165, 1.54) is 19.2 Å². The molecule has 20 heavy (non-hydrogen) atoms. The third kappa shape index (κ3) is 3.32. The molecule has 2 rings (SSSR count). The van der Waals surface area contributed by atoms with Crippen molar-refractivity contribution in [1.82, 2.24) is 15.3 Å². The Labute approximate surface area is 115 Å². The maximum atomic E-state index is 11.0. The van der Waals surface area contributed by atoms with Gasteiger partial charge in [-0.15, -0.1) is 0 Å². The van der Waals surface area contributed by atoms with Crippen molar-refractivity contribution in [1.29, 1.82) is 0 Å². The third-order valence-electron chi connectivity index (χ3n) is 2.48. The zero-order valence-electron chi connectivity index (χ0n) is 10.8. The molecule has 0 saturated carbocycles. The molecular formula is C14H13N3O3. The zero-order valence-corrected chi connectivity index (χ0v) is 10.8. The number of carboxylic acids is 1. The second-order valence-electron chi connectivity index (χ2n) is 4.10. The van der Waals surface area contributed by atoms with Crippen molar-refractivity contribution < 1.29 is 14.7 Å². The maximum Gasteiger partial charge on any atom is 0.352 e. The Bertz CT molecular complexity index is 659. The summed E-state index contributed by atoms with van der Waals surface area (Å²) in [7, 11) is 0. The second kappa shape index (κ2) is 5.83. The monoisotopic (exact) mass is 271 g/mol. The van der Waals surface area contributed by atoms with Gasteiger partial charge in [0.1, 0.15) is 11.5 Å². The molecule has 0 spiro atoms. The third-order valence-corrected chi connectivity index (χ3v) is 2.48. The minimum Gasteiger partial charge on any atom is -0.477 e. The fourth-order valence-corrected chi connectivity index (χ4v) is 1.65. The van der Waals surface area contributed by atoms with Gasteiger partial charge in [-0.3, -0.25) is 4.79 Å². The van der Waals surface area contributed by atoms with Crippen LogP contribution in [0.4, 0.5) is 0 Å². The van der Waals surface area contributed by atoms with Gasteiger partial charge in [0.05, 0.1) is 11.9 Å². The number of hydrogen-bond acceptors (Lipinski definition) is 3. The fraction of sp³-hybridized carbons (Fsp3) is 0.0714. The Kier molecular flexibility index (Phi) is 3.95. The fourth-order valence-electron chi connectivity index (χ4n) is 1.65. The van der Waals surface area contributed by atoms with Gasteiger partial charge in [-0.05, 0) is 6.08 Å². The van der Waals surface area contributed by atoms with Crippen LogP contribution in [-0.4, -0.2) is 27.0 Å². The highest BCUT2D eigenvalue weighted by molar-refractivity contribution is 5.96. The minimum atomic E-state index is -1.21. The Morgan fingerprint density at radius 2 is 2.00 bits per heavy atom. The van der Waals surface area contributed by atoms with E-state index in [0.717, 1.165) is 5.56 Å². The van der Waals surface area contributed by atoms with E-state index in [9.17, 15) is 9.59 Å². The topological polar surface area (TPSA) is 95.1 Å². The lowest BCUT2D eigenvalue weighted by atomic mass is 10.2. The molecule has 1 aromatic carbocycles. The average molecular weight is 271 g/mol. The molecule has 2 aromatic rings. The summed E-state index contributed by atoms with van der Waals surface area (Å²) in [5, 5.41) is 11.2. The van der Waals surface area contributed by atoms with Crippen LogP contribution in [0.1, 0.15) is 12.6 Å². The Morgan fingerprint density at radius 1 is 1.30 bits per heavy atom. The first-order valence-electron chi connectivity index (χ1n) is 5.89. The summed E-state index contributed by atoms with van der Waals surface area (Å²) in [6.45, 7) is 1.25. The van der Waals surface area contributed by atoms with Crippen LogP contribution in [0.2, 0.25) is 0 Å². The Morgan fingerprint density at radius 3 is 2.60 bits per heavy atom. The normalized spacial score (nSPS) is 11.2. The van der Waals surface area contributed by atoms with E-state index in [1.807, 2.05) is 30.3 Å². The summed E-state index contributed by atoms with van der Waals surface area (Å²) in [5.74, 6) is -1.03. The Balaban J connectivity index is 2.28. The summed E-state index contributed by atoms with van der Waals surface area (Å²) >= 11 is 0. The number of aliphatic carboxylic acids is 1. The molecule has 0 fully saturated rings. The van der Waals surface area contributed by atoms with Crippen LogP contribution < -0.4 is 5.32 Å². The summed E-state index contributed by atoms with van der Waals surface area (Å²) in [6, 6.07) is 9.43. The molecule has 6 heteroatoms. The largest absolute Gasteiger partial charge is 0.477 e. The number of nitrogens with zero attached hydrogens (tertiary/aromatic N) is 1. The van der Waals surface area contributed by atoms with Gasteiger partial charge in [-0.25, -0.2) is 9.78 Å². The minimum absolute atomic E-state index is 0.208. The predicted molar refractivity (Wildman–Crippen MR) is 73.5 cm³/mol. The van der Waals surface area contributed by atoms with E-state index in [1.54, 1.807) is 0 Å². The molecule has 0 saturated heterocycles. The van der Waals surface area contributed by atoms with Crippen LogP contribution in [0.25, 0.3) is 17.5 Å². The van der Waals surface area contributed by atoms with Crippen LogP contribution in [0.5, 0.6) is 0 Å². The van der Waals surface area contributed by atoms with Crippen LogP contribution in [-0.2, 0) is 9.59 Å². The number of carbonyl (C=O) groups is 2. The summed E-state index contributed by atoms with van der Waals surface area (Å²) in [4.78, 5) is 29.1. The number of nitrogens with one attached hydrogen (secondary N) is 2. The number of aromatic nitrogens is 2. The van der Waals surface area contributed by atoms with Crippen molar-refractivity contribution in [3.63, 3.8) is 0 Å². The number of H-pyrrole nitrogens is 1. The highest BCUT2D eigenvalue weighted by Crippen LogP contribution is 2.15. The summed E-state index contributed by atoms with van der Waals surface area (Å²) in [5.41, 5.74) is 1.18. The lowest BCUT2D eigenvalue weighted by Crippen LogP contribution is -2.24. The molecule has 6 nitrogen and oxygen atoms in total. The summed E-state index contributed by atoms with van der Waals surface area (Å²) in [6.07, 6.45) is 2.83. The molecule has 1 heterocycles. The van der Waals surface area contributed by atoms with Gasteiger partial charge in [0.2, 0.25) is 5.91 Å². The van der Waals surface area contributed by atoms with Crippen molar-refractivity contribution in [3.8, 4) is 11.4 Å². The molecular weight excluding hydrogens is 258 g/mol. The van der Waals surface area contributed by atoms with Crippen molar-refractivity contribution in [2.24, 2.45) is 0 Å². The first-order chi connectivity index (χ1) is 9.56. The van der Waals surface area contributed by atoms with Gasteiger partial charge in [0.25, 0.3) is 0 Å². The molecule has 0 bridgehead atoms. The second-order valence-corrected chi connectivity index (χ2v) is 4.10. The Hall–Kier alpha value is -2.89. The number of hydrogen-bond donors (Lipinski definition) is 3. The molecule has 0 aliphatic rings. The predicted octanol–water partition coefficient (Wildman–Crippen LogP) is 1.64. The lowest BCUT2D eigenvalue weighted by Gasteiger charge is -2.01. The van der Waals surface area contributed by atoms with Gasteiger partial charge in [-0.1, -0.05) is 30.3 Å². The molecule has 0 atom stereocenters. The zero-order chi connectivity index (χ0) is 14.5. The number of amides is 1. The molecule has 1 amide bonds. The van der Waals surface area contributed by atoms with Crippen LogP contribution in [0.3, 0.4) is 0 Å². The highest BCUT2D eigenvalue weighted by atomic mass is 16.4.